The highest BCUT2D eigenvalue weighted by Crippen LogP contribution is 2.46. The first-order valence-electron chi connectivity index (χ1n) is 10.1. The fraction of sp³-hybridized carbons (Fsp3) is 0.333. The summed E-state index contributed by atoms with van der Waals surface area (Å²) in [6.45, 7) is 3.00. The molecule has 1 fully saturated rings. The van der Waals surface area contributed by atoms with Crippen LogP contribution >= 0.6 is 0 Å². The third-order valence-corrected chi connectivity index (χ3v) is 6.68. The Labute approximate surface area is 169 Å². The van der Waals surface area contributed by atoms with Gasteiger partial charge in [0, 0.05) is 35.7 Å². The molecule has 1 aliphatic carbocycles. The Bertz CT molecular complexity index is 1110. The van der Waals surface area contributed by atoms with E-state index in [1.165, 1.54) is 23.3 Å². The van der Waals surface area contributed by atoms with Crippen LogP contribution in [0.5, 0.6) is 0 Å². The van der Waals surface area contributed by atoms with Gasteiger partial charge in [-0.15, -0.1) is 0 Å². The molecule has 1 spiro atoms. The maximum Gasteiger partial charge on any atom is 0.254 e. The smallest absolute Gasteiger partial charge is 0.254 e. The standard InChI is InChI=1S/C24H23FN2O2/c1-15-12-19(18-7-6-17(25)14-21(18)26-15)23(29)27-10-8-24(9-11-27)20-5-3-2-4-16(20)13-22(24)28/h2-7,12,14,22,28H,8-11,13H2,1H3/t22-/m0/s1. The number of piperidine rings is 1. The first kappa shape index (κ1) is 18.3. The molecular weight excluding hydrogens is 367 g/mol. The molecule has 4 nitrogen and oxygen atoms in total. The number of nitrogens with zero attached hydrogens (tertiary/aromatic N) is 2. The molecule has 0 saturated carbocycles. The summed E-state index contributed by atoms with van der Waals surface area (Å²) in [5.41, 5.74) is 3.96. The van der Waals surface area contributed by atoms with E-state index in [-0.39, 0.29) is 17.1 Å². The molecule has 29 heavy (non-hydrogen) atoms. The van der Waals surface area contributed by atoms with Crippen molar-refractivity contribution in [1.82, 2.24) is 9.88 Å². The van der Waals surface area contributed by atoms with Crippen molar-refractivity contribution in [3.8, 4) is 0 Å². The van der Waals surface area contributed by atoms with Crippen LogP contribution in [0.15, 0.2) is 48.5 Å². The van der Waals surface area contributed by atoms with Crippen molar-refractivity contribution in [2.45, 2.75) is 37.7 Å². The third kappa shape index (κ3) is 2.84. The molecule has 2 heterocycles. The van der Waals surface area contributed by atoms with Gasteiger partial charge in [-0.2, -0.15) is 0 Å². The normalized spacial score (nSPS) is 20.2. The molecule has 1 aliphatic heterocycles. The fourth-order valence-electron chi connectivity index (χ4n) is 5.16. The molecule has 2 aromatic carbocycles. The summed E-state index contributed by atoms with van der Waals surface area (Å²) >= 11 is 0. The zero-order chi connectivity index (χ0) is 20.2. The number of likely N-dealkylation sites (tertiary alicyclic amines) is 1. The van der Waals surface area contributed by atoms with Crippen LogP contribution in [0.3, 0.4) is 0 Å². The minimum atomic E-state index is -0.399. The van der Waals surface area contributed by atoms with Gasteiger partial charge in [-0.3, -0.25) is 9.78 Å². The maximum atomic E-state index is 13.6. The lowest BCUT2D eigenvalue weighted by Gasteiger charge is -2.42. The molecule has 5 rings (SSSR count). The summed E-state index contributed by atoms with van der Waals surface area (Å²) in [5.74, 6) is -0.412. The highest BCUT2D eigenvalue weighted by atomic mass is 19.1. The molecule has 5 heteroatoms. The SMILES string of the molecule is Cc1cc(C(=O)N2CCC3(CC2)c2ccccc2C[C@@H]3O)c2ccc(F)cc2n1. The predicted octanol–water partition coefficient (Wildman–Crippen LogP) is 3.77. The van der Waals surface area contributed by atoms with Gasteiger partial charge in [0.1, 0.15) is 5.82 Å². The molecule has 1 N–H and O–H groups in total. The van der Waals surface area contributed by atoms with E-state index < -0.39 is 6.10 Å². The Hall–Kier alpha value is -2.79. The summed E-state index contributed by atoms with van der Waals surface area (Å²) in [6.07, 6.45) is 1.77. The molecule has 1 amide bonds. The highest BCUT2D eigenvalue weighted by molar-refractivity contribution is 6.06. The van der Waals surface area contributed by atoms with Crippen LogP contribution in [-0.4, -0.2) is 40.1 Å². The number of aromatic nitrogens is 1. The van der Waals surface area contributed by atoms with Crippen molar-refractivity contribution in [3.05, 3.63) is 76.7 Å². The second kappa shape index (κ2) is 6.63. The number of fused-ring (bicyclic) bond motifs is 3. The zero-order valence-corrected chi connectivity index (χ0v) is 16.4. The lowest BCUT2D eigenvalue weighted by molar-refractivity contribution is 0.0366. The Kier molecular flexibility index (Phi) is 4.17. The number of aryl methyl sites for hydroxylation is 1. The van der Waals surface area contributed by atoms with Crippen molar-refractivity contribution < 1.29 is 14.3 Å². The summed E-state index contributed by atoms with van der Waals surface area (Å²) in [7, 11) is 0. The Balaban J connectivity index is 1.44. The van der Waals surface area contributed by atoms with Gasteiger partial charge < -0.3 is 10.0 Å². The Morgan fingerprint density at radius 3 is 2.72 bits per heavy atom. The number of benzene rings is 2. The Morgan fingerprint density at radius 2 is 1.93 bits per heavy atom. The van der Waals surface area contributed by atoms with Crippen LogP contribution in [-0.2, 0) is 11.8 Å². The highest BCUT2D eigenvalue weighted by Gasteiger charge is 2.48. The van der Waals surface area contributed by atoms with Gasteiger partial charge in [0.25, 0.3) is 5.91 Å². The van der Waals surface area contributed by atoms with Crippen molar-refractivity contribution in [1.29, 1.82) is 0 Å². The summed E-state index contributed by atoms with van der Waals surface area (Å²) in [5, 5.41) is 11.5. The monoisotopic (exact) mass is 390 g/mol. The number of hydrogen-bond acceptors (Lipinski definition) is 3. The van der Waals surface area contributed by atoms with Gasteiger partial charge in [-0.05, 0) is 55.5 Å². The number of carbonyl (C=O) groups is 1. The van der Waals surface area contributed by atoms with Gasteiger partial charge in [-0.25, -0.2) is 4.39 Å². The molecule has 0 unspecified atom stereocenters. The minimum Gasteiger partial charge on any atom is -0.392 e. The van der Waals surface area contributed by atoms with Gasteiger partial charge >= 0.3 is 0 Å². The van der Waals surface area contributed by atoms with Gasteiger partial charge in [0.15, 0.2) is 0 Å². The number of aliphatic hydroxyl groups excluding tert-OH is 1. The summed E-state index contributed by atoms with van der Waals surface area (Å²) in [4.78, 5) is 19.6. The van der Waals surface area contributed by atoms with Crippen molar-refractivity contribution in [2.24, 2.45) is 0 Å². The molecule has 0 radical (unpaired) electrons. The second-order valence-corrected chi connectivity index (χ2v) is 8.30. The quantitative estimate of drug-likeness (QED) is 0.688. The zero-order valence-electron chi connectivity index (χ0n) is 16.4. The fourth-order valence-corrected chi connectivity index (χ4v) is 5.16. The van der Waals surface area contributed by atoms with E-state index in [9.17, 15) is 14.3 Å². The largest absolute Gasteiger partial charge is 0.392 e. The van der Waals surface area contributed by atoms with Crippen molar-refractivity contribution in [3.63, 3.8) is 0 Å². The van der Waals surface area contributed by atoms with E-state index in [2.05, 4.69) is 17.1 Å². The predicted molar refractivity (Wildman–Crippen MR) is 109 cm³/mol. The van der Waals surface area contributed by atoms with Crippen LogP contribution in [0, 0.1) is 12.7 Å². The molecule has 1 atom stereocenters. The van der Waals surface area contributed by atoms with Gasteiger partial charge in [-0.1, -0.05) is 24.3 Å². The molecule has 0 bridgehead atoms. The van der Waals surface area contributed by atoms with E-state index in [0.717, 1.165) is 12.8 Å². The average Bonchev–Trinajstić information content (AvgIpc) is 2.98. The van der Waals surface area contributed by atoms with E-state index in [0.29, 0.717) is 41.7 Å². The molecule has 1 saturated heterocycles. The van der Waals surface area contributed by atoms with Crippen molar-refractivity contribution >= 4 is 16.8 Å². The van der Waals surface area contributed by atoms with E-state index in [1.807, 2.05) is 24.0 Å². The van der Waals surface area contributed by atoms with E-state index in [4.69, 9.17) is 0 Å². The second-order valence-electron chi connectivity index (χ2n) is 8.30. The summed E-state index contributed by atoms with van der Waals surface area (Å²) < 4.78 is 13.6. The van der Waals surface area contributed by atoms with Crippen LogP contribution < -0.4 is 0 Å². The molecule has 148 valence electrons. The molecular formula is C24H23FN2O2. The van der Waals surface area contributed by atoms with E-state index >= 15 is 0 Å². The third-order valence-electron chi connectivity index (χ3n) is 6.68. The molecule has 3 aromatic rings. The Morgan fingerprint density at radius 1 is 1.17 bits per heavy atom. The summed E-state index contributed by atoms with van der Waals surface area (Å²) in [6, 6.07) is 14.4. The van der Waals surface area contributed by atoms with Crippen LogP contribution in [0.1, 0.15) is 40.0 Å². The number of amides is 1. The lowest BCUT2D eigenvalue weighted by atomic mass is 9.72. The van der Waals surface area contributed by atoms with Gasteiger partial charge in [0.05, 0.1) is 17.2 Å². The number of hydrogen-bond donors (Lipinski definition) is 1. The number of pyridine rings is 1. The molecule has 1 aromatic heterocycles. The van der Waals surface area contributed by atoms with E-state index in [1.54, 1.807) is 12.1 Å². The minimum absolute atomic E-state index is 0.0530. The lowest BCUT2D eigenvalue weighted by Crippen LogP contribution is -2.49. The topological polar surface area (TPSA) is 53.4 Å². The van der Waals surface area contributed by atoms with Crippen LogP contribution in [0.2, 0.25) is 0 Å². The number of rotatable bonds is 1. The number of aliphatic hydroxyl groups is 1. The average molecular weight is 390 g/mol. The van der Waals surface area contributed by atoms with Crippen LogP contribution in [0.4, 0.5) is 4.39 Å². The van der Waals surface area contributed by atoms with Gasteiger partial charge in [0.2, 0.25) is 0 Å². The van der Waals surface area contributed by atoms with Crippen molar-refractivity contribution in [2.75, 3.05) is 13.1 Å². The first-order chi connectivity index (χ1) is 14.0. The van der Waals surface area contributed by atoms with Crippen LogP contribution in [0.25, 0.3) is 10.9 Å². The number of halogens is 1. The maximum absolute atomic E-state index is 13.6. The number of carbonyl (C=O) groups excluding carboxylic acids is 1. The molecule has 2 aliphatic rings. The first-order valence-corrected chi connectivity index (χ1v) is 10.1.